The van der Waals surface area contributed by atoms with E-state index in [1.807, 2.05) is 52.0 Å². The third-order valence-electron chi connectivity index (χ3n) is 7.18. The summed E-state index contributed by atoms with van der Waals surface area (Å²) in [5.74, 6) is -3.84. The number of hydrogen-bond acceptors (Lipinski definition) is 7. The highest BCUT2D eigenvalue weighted by Gasteiger charge is 2.32. The largest absolute Gasteiger partial charge is 0.480 e. The molecule has 0 fully saturated rings. The average molecular weight is 644 g/mol. The number of amides is 4. The maximum Gasteiger partial charge on any atom is 0.326 e. The van der Waals surface area contributed by atoms with Gasteiger partial charge in [0.2, 0.25) is 23.6 Å². The van der Waals surface area contributed by atoms with Crippen molar-refractivity contribution in [1.82, 2.24) is 26.3 Å². The van der Waals surface area contributed by atoms with Gasteiger partial charge in [0, 0.05) is 30.1 Å². The lowest BCUT2D eigenvalue weighted by molar-refractivity contribution is -0.143. The van der Waals surface area contributed by atoms with Crippen LogP contribution in [0.5, 0.6) is 0 Å². The Labute approximate surface area is 268 Å². The molecule has 0 aliphatic rings. The molecule has 15 nitrogen and oxygen atoms in total. The Bertz CT molecular complexity index is 1370. The molecule has 1 aromatic heterocycles. The topological polar surface area (TPSA) is 260 Å². The first-order valence-electron chi connectivity index (χ1n) is 15.4. The van der Waals surface area contributed by atoms with Crippen LogP contribution in [0.2, 0.25) is 0 Å². The third-order valence-corrected chi connectivity index (χ3v) is 7.18. The van der Waals surface area contributed by atoms with E-state index in [1.165, 1.54) is 0 Å². The van der Waals surface area contributed by atoms with Crippen LogP contribution in [-0.4, -0.2) is 82.9 Å². The van der Waals surface area contributed by atoms with E-state index in [2.05, 4.69) is 31.2 Å². The van der Waals surface area contributed by atoms with Crippen molar-refractivity contribution >= 4 is 46.5 Å². The summed E-state index contributed by atoms with van der Waals surface area (Å²) in [4.78, 5) is 71.8. The van der Waals surface area contributed by atoms with Crippen molar-refractivity contribution in [2.24, 2.45) is 34.0 Å². The van der Waals surface area contributed by atoms with E-state index in [9.17, 15) is 29.1 Å². The van der Waals surface area contributed by atoms with Crippen molar-refractivity contribution in [3.63, 3.8) is 0 Å². The van der Waals surface area contributed by atoms with Gasteiger partial charge in [-0.05, 0) is 49.1 Å². The van der Waals surface area contributed by atoms with Crippen LogP contribution in [0.4, 0.5) is 0 Å². The molecular formula is C31H49N9O6. The highest BCUT2D eigenvalue weighted by Crippen LogP contribution is 2.19. The van der Waals surface area contributed by atoms with Gasteiger partial charge in [0.25, 0.3) is 0 Å². The van der Waals surface area contributed by atoms with Gasteiger partial charge in [-0.25, -0.2) is 4.79 Å². The maximum absolute atomic E-state index is 13.7. The summed E-state index contributed by atoms with van der Waals surface area (Å²) in [6, 6.07) is 3.07. The number of aromatic nitrogens is 1. The number of carboxylic acids is 1. The number of aromatic amines is 1. The van der Waals surface area contributed by atoms with Gasteiger partial charge in [-0.1, -0.05) is 45.9 Å². The number of benzene rings is 1. The van der Waals surface area contributed by atoms with E-state index in [-0.39, 0.29) is 56.6 Å². The molecule has 0 spiro atoms. The quantitative estimate of drug-likeness (QED) is 0.0559. The number of aliphatic carboxylic acids is 1. The first kappa shape index (κ1) is 37.5. The molecule has 0 radical (unpaired) electrons. The molecule has 0 saturated carbocycles. The molecule has 2 rings (SSSR count). The minimum absolute atomic E-state index is 0.00122. The van der Waals surface area contributed by atoms with Crippen molar-refractivity contribution < 1.29 is 29.1 Å². The van der Waals surface area contributed by atoms with Crippen molar-refractivity contribution in [3.8, 4) is 0 Å². The summed E-state index contributed by atoms with van der Waals surface area (Å²) in [7, 11) is 0. The molecule has 0 bridgehead atoms. The Morgan fingerprint density at radius 3 is 2.00 bits per heavy atom. The number of hydrogen-bond donors (Lipinski definition) is 9. The predicted octanol–water partition coefficient (Wildman–Crippen LogP) is -0.161. The average Bonchev–Trinajstić information content (AvgIpc) is 3.39. The zero-order chi connectivity index (χ0) is 34.4. The lowest BCUT2D eigenvalue weighted by Gasteiger charge is -2.27. The van der Waals surface area contributed by atoms with E-state index >= 15 is 0 Å². The molecule has 0 aliphatic heterocycles. The number of para-hydroxylation sites is 1. The van der Waals surface area contributed by atoms with Crippen molar-refractivity contribution in [1.29, 1.82) is 0 Å². The SMILES string of the molecule is CC(C)CC(NC(=O)C(CC(C)C)NC(=O)C(CCCN=C(N)N)NC(=O)C(Cc1c[nH]c2ccccc12)NC(=O)CN)C(=O)O. The van der Waals surface area contributed by atoms with Crippen LogP contribution in [0.1, 0.15) is 58.9 Å². The van der Waals surface area contributed by atoms with Gasteiger partial charge in [-0.3, -0.25) is 24.2 Å². The van der Waals surface area contributed by atoms with Gasteiger partial charge in [0.05, 0.1) is 6.54 Å². The van der Waals surface area contributed by atoms with E-state index in [1.54, 1.807) is 6.20 Å². The fourth-order valence-corrected chi connectivity index (χ4v) is 4.97. The smallest absolute Gasteiger partial charge is 0.326 e. The number of carbonyl (C=O) groups excluding carboxylic acids is 4. The number of nitrogens with one attached hydrogen (secondary N) is 5. The van der Waals surface area contributed by atoms with Gasteiger partial charge in [0.15, 0.2) is 5.96 Å². The van der Waals surface area contributed by atoms with E-state index in [4.69, 9.17) is 17.2 Å². The number of aliphatic imine (C=N–C) groups is 1. The minimum Gasteiger partial charge on any atom is -0.480 e. The highest BCUT2D eigenvalue weighted by molar-refractivity contribution is 5.95. The van der Waals surface area contributed by atoms with E-state index < -0.39 is 53.8 Å². The first-order valence-corrected chi connectivity index (χ1v) is 15.4. The normalized spacial score (nSPS) is 13.8. The van der Waals surface area contributed by atoms with Gasteiger partial charge in [-0.15, -0.1) is 0 Å². The van der Waals surface area contributed by atoms with Crippen LogP contribution >= 0.6 is 0 Å². The van der Waals surface area contributed by atoms with Gasteiger partial charge in [-0.2, -0.15) is 0 Å². The Kier molecular flexibility index (Phi) is 15.0. The van der Waals surface area contributed by atoms with E-state index in [0.717, 1.165) is 16.5 Å². The second-order valence-electron chi connectivity index (χ2n) is 12.1. The summed E-state index contributed by atoms with van der Waals surface area (Å²) >= 11 is 0. The van der Waals surface area contributed by atoms with Crippen molar-refractivity contribution in [3.05, 3.63) is 36.0 Å². The molecule has 254 valence electrons. The van der Waals surface area contributed by atoms with E-state index in [0.29, 0.717) is 6.42 Å². The predicted molar refractivity (Wildman–Crippen MR) is 175 cm³/mol. The van der Waals surface area contributed by atoms with Crippen LogP contribution in [0, 0.1) is 11.8 Å². The van der Waals surface area contributed by atoms with Crippen molar-refractivity contribution in [2.45, 2.75) is 84.0 Å². The molecule has 15 heteroatoms. The van der Waals surface area contributed by atoms with Gasteiger partial charge in [0.1, 0.15) is 24.2 Å². The van der Waals surface area contributed by atoms with Gasteiger partial charge >= 0.3 is 5.97 Å². The Balaban J connectivity index is 2.32. The molecule has 46 heavy (non-hydrogen) atoms. The maximum atomic E-state index is 13.7. The third kappa shape index (κ3) is 12.4. The molecule has 4 unspecified atom stereocenters. The second kappa shape index (κ2) is 18.3. The standard InChI is InChI=1S/C31H49N9O6/c1-17(2)12-23(28(43)40-25(30(45)46)13-18(3)4)39-27(42)22(10-7-11-35-31(33)34)38-29(44)24(37-26(41)15-32)14-19-16-36-21-9-6-5-8-20(19)21/h5-6,8-9,16-18,22-25,36H,7,10-15,32H2,1-4H3,(H,37,41)(H,38,44)(H,39,42)(H,40,43)(H,45,46)(H4,33,34,35). The first-order chi connectivity index (χ1) is 21.7. The van der Waals surface area contributed by atoms with Gasteiger partial charge < -0.3 is 48.6 Å². The molecule has 4 atom stereocenters. The Morgan fingerprint density at radius 1 is 0.826 bits per heavy atom. The number of carbonyl (C=O) groups is 5. The summed E-state index contributed by atoms with van der Waals surface area (Å²) in [6.45, 7) is 7.23. The van der Waals surface area contributed by atoms with Crippen LogP contribution in [0.15, 0.2) is 35.5 Å². The molecule has 0 saturated heterocycles. The molecule has 4 amide bonds. The van der Waals surface area contributed by atoms with Crippen LogP contribution in [0.25, 0.3) is 10.9 Å². The second-order valence-corrected chi connectivity index (χ2v) is 12.1. The van der Waals surface area contributed by atoms with Crippen molar-refractivity contribution in [2.75, 3.05) is 13.1 Å². The zero-order valence-electron chi connectivity index (χ0n) is 27.0. The number of fused-ring (bicyclic) bond motifs is 1. The summed E-state index contributed by atoms with van der Waals surface area (Å²) in [6.07, 6.45) is 2.68. The van der Waals surface area contributed by atoms with Crippen LogP contribution in [0.3, 0.4) is 0 Å². The molecule has 0 aliphatic carbocycles. The fourth-order valence-electron chi connectivity index (χ4n) is 4.97. The molecule has 1 aromatic carbocycles. The van der Waals surface area contributed by atoms with Crippen LogP contribution in [-0.2, 0) is 30.4 Å². The zero-order valence-corrected chi connectivity index (χ0v) is 27.0. The fraction of sp³-hybridized carbons (Fsp3) is 0.548. The minimum atomic E-state index is -1.18. The van der Waals surface area contributed by atoms with Crippen LogP contribution < -0.4 is 38.5 Å². The number of nitrogens with zero attached hydrogens (tertiary/aromatic N) is 1. The monoisotopic (exact) mass is 643 g/mol. The number of rotatable bonds is 19. The Hall–Kier alpha value is -4.66. The highest BCUT2D eigenvalue weighted by atomic mass is 16.4. The lowest BCUT2D eigenvalue weighted by atomic mass is 9.99. The number of guanidine groups is 1. The summed E-state index contributed by atoms with van der Waals surface area (Å²) < 4.78 is 0. The molecule has 2 aromatic rings. The molecular weight excluding hydrogens is 594 g/mol. The Morgan fingerprint density at radius 2 is 1.39 bits per heavy atom. The number of carboxylic acid groups (broad SMARTS) is 1. The number of nitrogens with two attached hydrogens (primary N) is 3. The summed E-state index contributed by atoms with van der Waals surface area (Å²) in [5.41, 5.74) is 18.0. The lowest BCUT2D eigenvalue weighted by Crippen LogP contribution is -2.58. The molecule has 1 heterocycles. The number of H-pyrrole nitrogens is 1. The molecule has 12 N–H and O–H groups in total. The summed E-state index contributed by atoms with van der Waals surface area (Å²) in [5, 5.41) is 21.1.